The third-order valence-electron chi connectivity index (χ3n) is 2.70. The number of ether oxygens (including phenoxy) is 1. The number of hydrogen-bond acceptors (Lipinski definition) is 3. The van der Waals surface area contributed by atoms with Crippen molar-refractivity contribution in [2.75, 3.05) is 0 Å². The van der Waals surface area contributed by atoms with Crippen molar-refractivity contribution in [2.24, 2.45) is 0 Å². The van der Waals surface area contributed by atoms with Crippen molar-refractivity contribution in [3.05, 3.63) is 68.2 Å². The molecule has 104 valence electrons. The number of benzene rings is 2. The van der Waals surface area contributed by atoms with Gasteiger partial charge in [0.25, 0.3) is 5.69 Å². The van der Waals surface area contributed by atoms with Crippen LogP contribution in [0.15, 0.2) is 46.9 Å². The minimum Gasteiger partial charge on any atom is -0.487 e. The van der Waals surface area contributed by atoms with Crippen LogP contribution >= 0.6 is 27.5 Å². The zero-order valence-electron chi connectivity index (χ0n) is 10.4. The molecule has 0 radical (unpaired) electrons. The summed E-state index contributed by atoms with van der Waals surface area (Å²) in [4.78, 5) is 10.3. The predicted octanol–water partition coefficient (Wildman–Crippen LogP) is 4.68. The number of non-ortho nitro benzene ring substituents is 1. The minimum absolute atomic E-state index is 0.0517. The molecule has 0 amide bonds. The van der Waals surface area contributed by atoms with Crippen molar-refractivity contribution in [3.63, 3.8) is 0 Å². The second-order valence-electron chi connectivity index (χ2n) is 4.08. The highest BCUT2D eigenvalue weighted by Gasteiger charge is 2.09. The van der Waals surface area contributed by atoms with Crippen LogP contribution < -0.4 is 4.74 Å². The molecule has 6 heteroatoms. The fraction of sp³-hybridized carbons (Fsp3) is 0.143. The second kappa shape index (κ2) is 6.72. The lowest BCUT2D eigenvalue weighted by atomic mass is 10.2. The van der Waals surface area contributed by atoms with Crippen LogP contribution in [0.1, 0.15) is 11.1 Å². The molecule has 0 atom stereocenters. The van der Waals surface area contributed by atoms with Crippen LogP contribution in [0.5, 0.6) is 5.75 Å². The van der Waals surface area contributed by atoms with Gasteiger partial charge in [0.05, 0.1) is 15.3 Å². The van der Waals surface area contributed by atoms with E-state index in [0.717, 1.165) is 15.6 Å². The van der Waals surface area contributed by atoms with Gasteiger partial charge in [-0.3, -0.25) is 10.1 Å². The first-order chi connectivity index (χ1) is 9.61. The lowest BCUT2D eigenvalue weighted by Crippen LogP contribution is -1.99. The first kappa shape index (κ1) is 14.8. The number of para-hydroxylation sites is 1. The summed E-state index contributed by atoms with van der Waals surface area (Å²) < 4.78 is 6.53. The molecule has 0 aromatic heterocycles. The Balaban J connectivity index is 2.17. The van der Waals surface area contributed by atoms with E-state index in [1.165, 1.54) is 12.1 Å². The summed E-state index contributed by atoms with van der Waals surface area (Å²) in [5.41, 5.74) is 1.65. The molecule has 2 aromatic rings. The number of hydrogen-bond donors (Lipinski definition) is 0. The summed E-state index contributed by atoms with van der Waals surface area (Å²) in [7, 11) is 0. The predicted molar refractivity (Wildman–Crippen MR) is 81.1 cm³/mol. The number of nitro groups is 1. The van der Waals surface area contributed by atoms with Gasteiger partial charge in [-0.1, -0.05) is 24.3 Å². The van der Waals surface area contributed by atoms with Gasteiger partial charge in [-0.2, -0.15) is 0 Å². The number of nitrogens with zero attached hydrogens (tertiary/aromatic N) is 1. The molecule has 0 N–H and O–H groups in total. The van der Waals surface area contributed by atoms with Crippen LogP contribution in [0.4, 0.5) is 5.69 Å². The molecular weight excluding hydrogens is 346 g/mol. The summed E-state index contributed by atoms with van der Waals surface area (Å²) in [6.45, 7) is 0.244. The summed E-state index contributed by atoms with van der Waals surface area (Å²) in [6, 6.07) is 12.0. The van der Waals surface area contributed by atoms with E-state index in [0.29, 0.717) is 11.6 Å². The Bertz CT molecular complexity index is 634. The molecule has 0 aliphatic carbocycles. The number of alkyl halides is 1. The van der Waals surface area contributed by atoms with Gasteiger partial charge in [-0.25, -0.2) is 0 Å². The molecule has 20 heavy (non-hydrogen) atoms. The molecule has 0 spiro atoms. The molecule has 2 aromatic carbocycles. The highest BCUT2D eigenvalue weighted by Crippen LogP contribution is 2.31. The van der Waals surface area contributed by atoms with E-state index in [1.807, 2.05) is 18.2 Å². The summed E-state index contributed by atoms with van der Waals surface area (Å²) in [5, 5.41) is 10.7. The van der Waals surface area contributed by atoms with Crippen LogP contribution in [0.25, 0.3) is 0 Å². The zero-order chi connectivity index (χ0) is 14.5. The van der Waals surface area contributed by atoms with E-state index in [9.17, 15) is 10.1 Å². The van der Waals surface area contributed by atoms with E-state index in [1.54, 1.807) is 12.1 Å². The number of rotatable bonds is 5. The van der Waals surface area contributed by atoms with E-state index < -0.39 is 4.92 Å². The Labute approximate surface area is 129 Å². The fourth-order valence-electron chi connectivity index (χ4n) is 1.74. The average molecular weight is 357 g/mol. The van der Waals surface area contributed by atoms with Crippen molar-refractivity contribution >= 4 is 33.2 Å². The van der Waals surface area contributed by atoms with Gasteiger partial charge in [-0.05, 0) is 27.6 Å². The molecule has 0 unspecified atom stereocenters. The molecule has 0 heterocycles. The van der Waals surface area contributed by atoms with Gasteiger partial charge < -0.3 is 4.74 Å². The van der Waals surface area contributed by atoms with Gasteiger partial charge >= 0.3 is 0 Å². The van der Waals surface area contributed by atoms with E-state index in [-0.39, 0.29) is 12.3 Å². The first-order valence-electron chi connectivity index (χ1n) is 5.81. The lowest BCUT2D eigenvalue weighted by Gasteiger charge is -2.11. The summed E-state index contributed by atoms with van der Waals surface area (Å²) in [6.07, 6.45) is 0. The number of halogens is 2. The second-order valence-corrected chi connectivity index (χ2v) is 5.20. The van der Waals surface area contributed by atoms with Crippen molar-refractivity contribution < 1.29 is 9.66 Å². The molecule has 0 fully saturated rings. The van der Waals surface area contributed by atoms with Crippen LogP contribution in [-0.4, -0.2) is 4.92 Å². The molecule has 4 nitrogen and oxygen atoms in total. The third kappa shape index (κ3) is 3.49. The molecular formula is C14H11BrClNO3. The van der Waals surface area contributed by atoms with Gasteiger partial charge in [0.2, 0.25) is 0 Å². The zero-order valence-corrected chi connectivity index (χ0v) is 12.7. The monoisotopic (exact) mass is 355 g/mol. The molecule has 2 rings (SSSR count). The summed E-state index contributed by atoms with van der Waals surface area (Å²) in [5.74, 6) is 0.998. The average Bonchev–Trinajstić information content (AvgIpc) is 2.46. The van der Waals surface area contributed by atoms with Gasteiger partial charge in [0.15, 0.2) is 0 Å². The quantitative estimate of drug-likeness (QED) is 0.444. The summed E-state index contributed by atoms with van der Waals surface area (Å²) >= 11 is 9.27. The van der Waals surface area contributed by atoms with E-state index in [4.69, 9.17) is 16.3 Å². The normalized spacial score (nSPS) is 10.3. The molecule has 0 saturated carbocycles. The smallest absolute Gasteiger partial charge is 0.269 e. The lowest BCUT2D eigenvalue weighted by molar-refractivity contribution is -0.384. The van der Waals surface area contributed by atoms with Gasteiger partial charge in [-0.15, -0.1) is 11.6 Å². The molecule has 0 aliphatic rings. The van der Waals surface area contributed by atoms with Crippen LogP contribution in [0.2, 0.25) is 0 Å². The molecule has 0 saturated heterocycles. The highest BCUT2D eigenvalue weighted by molar-refractivity contribution is 9.10. The SMILES string of the molecule is O=[N+]([O-])c1cccc(COc2c(Br)cccc2CCl)c1. The first-order valence-corrected chi connectivity index (χ1v) is 7.14. The molecule has 0 aliphatic heterocycles. The highest BCUT2D eigenvalue weighted by atomic mass is 79.9. The van der Waals surface area contributed by atoms with Crippen LogP contribution in [0, 0.1) is 10.1 Å². The Kier molecular flexibility index (Phi) is 4.98. The van der Waals surface area contributed by atoms with Crippen LogP contribution in [0.3, 0.4) is 0 Å². The Morgan fingerprint density at radius 2 is 2.00 bits per heavy atom. The maximum atomic E-state index is 10.7. The van der Waals surface area contributed by atoms with Crippen molar-refractivity contribution in [3.8, 4) is 5.75 Å². The van der Waals surface area contributed by atoms with E-state index in [2.05, 4.69) is 15.9 Å². The Hall–Kier alpha value is -1.59. The standard InChI is InChI=1S/C14H11BrClNO3/c15-13-6-2-4-11(8-16)14(13)20-9-10-3-1-5-12(7-10)17(18)19/h1-7H,8-9H2. The Morgan fingerprint density at radius 3 is 2.70 bits per heavy atom. The largest absolute Gasteiger partial charge is 0.487 e. The van der Waals surface area contributed by atoms with Crippen LogP contribution in [-0.2, 0) is 12.5 Å². The maximum Gasteiger partial charge on any atom is 0.269 e. The Morgan fingerprint density at radius 1 is 1.25 bits per heavy atom. The van der Waals surface area contributed by atoms with Gasteiger partial charge in [0, 0.05) is 17.7 Å². The van der Waals surface area contributed by atoms with Crippen molar-refractivity contribution in [1.29, 1.82) is 0 Å². The third-order valence-corrected chi connectivity index (χ3v) is 3.61. The minimum atomic E-state index is -0.424. The van der Waals surface area contributed by atoms with Crippen molar-refractivity contribution in [2.45, 2.75) is 12.5 Å². The molecule has 0 bridgehead atoms. The van der Waals surface area contributed by atoms with Crippen molar-refractivity contribution in [1.82, 2.24) is 0 Å². The number of nitro benzene ring substituents is 1. The van der Waals surface area contributed by atoms with E-state index >= 15 is 0 Å². The fourth-order valence-corrected chi connectivity index (χ4v) is 2.47. The van der Waals surface area contributed by atoms with Gasteiger partial charge in [0.1, 0.15) is 12.4 Å². The topological polar surface area (TPSA) is 52.4 Å². The maximum absolute atomic E-state index is 10.7.